The molecule has 6 heteroatoms. The van der Waals surface area contributed by atoms with Gasteiger partial charge in [-0.3, -0.25) is 9.89 Å². The monoisotopic (exact) mass is 363 g/mol. The number of likely N-dealkylation sites (tertiary alicyclic amines) is 1. The minimum Gasteiger partial charge on any atom is -0.359 e. The van der Waals surface area contributed by atoms with E-state index in [1.54, 1.807) is 0 Å². The summed E-state index contributed by atoms with van der Waals surface area (Å²) < 4.78 is 5.40. The van der Waals surface area contributed by atoms with E-state index >= 15 is 0 Å². The van der Waals surface area contributed by atoms with Gasteiger partial charge in [0.25, 0.3) is 0 Å². The van der Waals surface area contributed by atoms with Crippen LogP contribution in [-0.2, 0) is 6.54 Å². The first-order valence-electron chi connectivity index (χ1n) is 10.2. The zero-order valence-electron chi connectivity index (χ0n) is 17.2. The van der Waals surface area contributed by atoms with Crippen LogP contribution in [-0.4, -0.2) is 48.7 Å². The van der Waals surface area contributed by atoms with Gasteiger partial charge >= 0.3 is 0 Å². The number of guanidine groups is 1. The molecule has 148 valence electrons. The Bertz CT molecular complexity index is 542. The van der Waals surface area contributed by atoms with Crippen LogP contribution in [0.15, 0.2) is 15.6 Å². The molecule has 1 aliphatic rings. The van der Waals surface area contributed by atoms with Crippen molar-refractivity contribution < 1.29 is 4.52 Å². The van der Waals surface area contributed by atoms with Crippen molar-refractivity contribution in [3.05, 3.63) is 17.5 Å². The summed E-state index contributed by atoms with van der Waals surface area (Å²) in [5.74, 6) is 2.77. The molecule has 0 bridgehead atoms. The van der Waals surface area contributed by atoms with Crippen molar-refractivity contribution in [1.29, 1.82) is 0 Å². The Hall–Kier alpha value is -1.56. The molecule has 1 fully saturated rings. The summed E-state index contributed by atoms with van der Waals surface area (Å²) in [6, 6.07) is 2.59. The Morgan fingerprint density at radius 2 is 1.92 bits per heavy atom. The highest BCUT2D eigenvalue weighted by Crippen LogP contribution is 2.22. The molecule has 26 heavy (non-hydrogen) atoms. The number of aromatic nitrogens is 1. The van der Waals surface area contributed by atoms with E-state index < -0.39 is 0 Å². The summed E-state index contributed by atoms with van der Waals surface area (Å²) in [5, 5.41) is 11.0. The first kappa shape index (κ1) is 20.7. The van der Waals surface area contributed by atoms with E-state index in [0.29, 0.717) is 18.5 Å². The smallest absolute Gasteiger partial charge is 0.191 e. The minimum atomic E-state index is 0.381. The lowest BCUT2D eigenvalue weighted by molar-refractivity contribution is 0.166. The van der Waals surface area contributed by atoms with Gasteiger partial charge in [-0.1, -0.05) is 45.7 Å². The number of rotatable bonds is 9. The van der Waals surface area contributed by atoms with Crippen LogP contribution in [0.2, 0.25) is 0 Å². The standard InChI is InChI=1S/C20H37N5O/c1-6-16(7-2)19(25-10-8-9-11-25)14-23-20(21-5)22-13-17-12-18(15(3)4)24-26-17/h12,15-16,19H,6-11,13-14H2,1-5H3,(H2,21,22,23). The molecule has 1 aromatic heterocycles. The summed E-state index contributed by atoms with van der Waals surface area (Å²) in [4.78, 5) is 7.02. The molecule has 0 aromatic carbocycles. The molecule has 2 heterocycles. The highest BCUT2D eigenvalue weighted by atomic mass is 16.5. The quantitative estimate of drug-likeness (QED) is 0.520. The average molecular weight is 364 g/mol. The summed E-state index contributed by atoms with van der Waals surface area (Å²) in [5.41, 5.74) is 0.993. The average Bonchev–Trinajstić information content (AvgIpc) is 3.32. The molecule has 1 saturated heterocycles. The van der Waals surface area contributed by atoms with E-state index in [-0.39, 0.29) is 0 Å². The van der Waals surface area contributed by atoms with Crippen LogP contribution in [0.5, 0.6) is 0 Å². The molecule has 1 aromatic rings. The molecule has 1 aliphatic heterocycles. The third-order valence-electron chi connectivity index (χ3n) is 5.50. The molecule has 1 unspecified atom stereocenters. The van der Waals surface area contributed by atoms with Crippen molar-refractivity contribution in [3.63, 3.8) is 0 Å². The molecule has 0 amide bonds. The SMILES string of the molecule is CCC(CC)C(CNC(=NC)NCc1cc(C(C)C)no1)N1CCCC1. The zero-order valence-corrected chi connectivity index (χ0v) is 17.2. The molecule has 2 rings (SSSR count). The van der Waals surface area contributed by atoms with Gasteiger partial charge < -0.3 is 15.2 Å². The van der Waals surface area contributed by atoms with Gasteiger partial charge in [0.2, 0.25) is 0 Å². The summed E-state index contributed by atoms with van der Waals surface area (Å²) >= 11 is 0. The lowest BCUT2D eigenvalue weighted by Crippen LogP contribution is -2.49. The maximum atomic E-state index is 5.40. The third-order valence-corrected chi connectivity index (χ3v) is 5.50. The van der Waals surface area contributed by atoms with E-state index in [1.807, 2.05) is 13.1 Å². The van der Waals surface area contributed by atoms with Gasteiger partial charge in [0.05, 0.1) is 12.2 Å². The molecule has 0 aliphatic carbocycles. The number of hydrogen-bond donors (Lipinski definition) is 2. The fourth-order valence-electron chi connectivity index (χ4n) is 3.78. The second kappa shape index (κ2) is 10.6. The van der Waals surface area contributed by atoms with Crippen molar-refractivity contribution in [2.75, 3.05) is 26.7 Å². The first-order chi connectivity index (χ1) is 12.6. The van der Waals surface area contributed by atoms with E-state index in [0.717, 1.165) is 29.9 Å². The van der Waals surface area contributed by atoms with Gasteiger partial charge in [-0.15, -0.1) is 0 Å². The van der Waals surface area contributed by atoms with Crippen LogP contribution in [0.25, 0.3) is 0 Å². The lowest BCUT2D eigenvalue weighted by Gasteiger charge is -2.34. The lowest BCUT2D eigenvalue weighted by atomic mass is 9.93. The van der Waals surface area contributed by atoms with Crippen molar-refractivity contribution in [2.24, 2.45) is 10.9 Å². The molecule has 0 radical (unpaired) electrons. The summed E-state index contributed by atoms with van der Waals surface area (Å²) in [6.07, 6.45) is 5.10. The number of aliphatic imine (C=N–C) groups is 1. The second-order valence-electron chi connectivity index (χ2n) is 7.57. The maximum absolute atomic E-state index is 5.40. The normalized spacial score (nSPS) is 17.3. The first-order valence-corrected chi connectivity index (χ1v) is 10.2. The van der Waals surface area contributed by atoms with Gasteiger partial charge in [-0.2, -0.15) is 0 Å². The minimum absolute atomic E-state index is 0.381. The topological polar surface area (TPSA) is 65.7 Å². The highest BCUT2D eigenvalue weighted by Gasteiger charge is 2.27. The fourth-order valence-corrected chi connectivity index (χ4v) is 3.78. The van der Waals surface area contributed by atoms with E-state index in [4.69, 9.17) is 4.52 Å². The molecular formula is C20H37N5O. The Morgan fingerprint density at radius 3 is 2.46 bits per heavy atom. The van der Waals surface area contributed by atoms with Crippen molar-refractivity contribution >= 4 is 5.96 Å². The molecule has 0 spiro atoms. The summed E-state index contributed by atoms with van der Waals surface area (Å²) in [7, 11) is 1.82. The molecular weight excluding hydrogens is 326 g/mol. The number of hydrogen-bond acceptors (Lipinski definition) is 4. The Balaban J connectivity index is 1.88. The number of nitrogens with zero attached hydrogens (tertiary/aromatic N) is 3. The highest BCUT2D eigenvalue weighted by molar-refractivity contribution is 5.79. The Kier molecular flexibility index (Phi) is 8.42. The van der Waals surface area contributed by atoms with Gasteiger partial charge in [-0.05, 0) is 37.8 Å². The maximum Gasteiger partial charge on any atom is 0.191 e. The van der Waals surface area contributed by atoms with Crippen LogP contribution in [0.3, 0.4) is 0 Å². The van der Waals surface area contributed by atoms with Gasteiger partial charge in [-0.25, -0.2) is 0 Å². The van der Waals surface area contributed by atoms with Gasteiger partial charge in [0.15, 0.2) is 11.7 Å². The van der Waals surface area contributed by atoms with E-state index in [1.165, 1.54) is 38.8 Å². The van der Waals surface area contributed by atoms with Crippen LogP contribution < -0.4 is 10.6 Å². The molecule has 0 saturated carbocycles. The third kappa shape index (κ3) is 5.73. The molecule has 6 nitrogen and oxygen atoms in total. The van der Waals surface area contributed by atoms with Crippen LogP contribution in [0.1, 0.15) is 70.8 Å². The Labute approximate surface area is 158 Å². The fraction of sp³-hybridized carbons (Fsp3) is 0.800. The predicted octanol–water partition coefficient (Wildman–Crippen LogP) is 3.36. The van der Waals surface area contributed by atoms with Crippen LogP contribution in [0.4, 0.5) is 0 Å². The van der Waals surface area contributed by atoms with Crippen LogP contribution in [0, 0.1) is 5.92 Å². The largest absolute Gasteiger partial charge is 0.359 e. The van der Waals surface area contributed by atoms with E-state index in [9.17, 15) is 0 Å². The molecule has 1 atom stereocenters. The van der Waals surface area contributed by atoms with Gasteiger partial charge in [0, 0.05) is 25.7 Å². The van der Waals surface area contributed by atoms with Crippen molar-refractivity contribution in [2.45, 2.75) is 71.9 Å². The van der Waals surface area contributed by atoms with Crippen molar-refractivity contribution in [3.8, 4) is 0 Å². The summed E-state index contributed by atoms with van der Waals surface area (Å²) in [6.45, 7) is 12.8. The van der Waals surface area contributed by atoms with Crippen molar-refractivity contribution in [1.82, 2.24) is 20.7 Å². The molecule has 2 N–H and O–H groups in total. The van der Waals surface area contributed by atoms with Gasteiger partial charge in [0.1, 0.15) is 0 Å². The number of nitrogens with one attached hydrogen (secondary N) is 2. The predicted molar refractivity (Wildman–Crippen MR) is 107 cm³/mol. The van der Waals surface area contributed by atoms with Crippen LogP contribution >= 0.6 is 0 Å². The zero-order chi connectivity index (χ0) is 18.9. The van der Waals surface area contributed by atoms with E-state index in [2.05, 4.69) is 53.4 Å². The Morgan fingerprint density at radius 1 is 1.23 bits per heavy atom. The second-order valence-corrected chi connectivity index (χ2v) is 7.57.